The molecule has 15 heavy (non-hydrogen) atoms. The molecule has 0 heterocycles. The Labute approximate surface area is 86.3 Å². The first-order valence-corrected chi connectivity index (χ1v) is 5.61. The first-order chi connectivity index (χ1) is 6.95. The molecule has 0 aliphatic carbocycles. The smallest absolute Gasteiger partial charge is 0.394 e. The number of aliphatic hydroxyl groups excluding tert-OH is 4. The van der Waals surface area contributed by atoms with Crippen LogP contribution in [0.1, 0.15) is 0 Å². The van der Waals surface area contributed by atoms with Gasteiger partial charge in [0, 0.05) is 0 Å². The number of aliphatic hydroxyl groups is 4. The average Bonchev–Trinajstić information content (AvgIpc) is 2.22. The van der Waals surface area contributed by atoms with Gasteiger partial charge >= 0.3 is 7.82 Å². The second-order valence-electron chi connectivity index (χ2n) is 2.69. The Morgan fingerprint density at radius 2 is 1.67 bits per heavy atom. The summed E-state index contributed by atoms with van der Waals surface area (Å²) in [6.45, 7) is -2.50. The van der Waals surface area contributed by atoms with E-state index in [1.54, 1.807) is 0 Å². The predicted octanol–water partition coefficient (Wildman–Crippen LogP) is -2.17. The van der Waals surface area contributed by atoms with Crippen LogP contribution >= 0.6 is 7.82 Å². The van der Waals surface area contributed by atoms with Crippen LogP contribution in [0.25, 0.3) is 0 Å². The van der Waals surface area contributed by atoms with Crippen LogP contribution < -0.4 is 0 Å². The molecule has 2 atom stereocenters. The first kappa shape index (κ1) is 14.9. The summed E-state index contributed by atoms with van der Waals surface area (Å²) in [5.74, 6) is 0. The molecule has 0 aromatic rings. The molecule has 8 nitrogen and oxygen atoms in total. The van der Waals surface area contributed by atoms with E-state index in [-0.39, 0.29) is 0 Å². The van der Waals surface area contributed by atoms with Gasteiger partial charge in [-0.25, -0.2) is 4.57 Å². The van der Waals surface area contributed by atoms with Gasteiger partial charge in [-0.3, -0.25) is 9.05 Å². The van der Waals surface area contributed by atoms with Gasteiger partial charge in [-0.1, -0.05) is 0 Å². The van der Waals surface area contributed by atoms with Gasteiger partial charge in [0.15, 0.2) is 0 Å². The molecule has 0 aliphatic heterocycles. The van der Waals surface area contributed by atoms with Crippen molar-refractivity contribution in [3.05, 3.63) is 0 Å². The molecule has 9 heteroatoms. The molecule has 0 bridgehead atoms. The van der Waals surface area contributed by atoms with E-state index in [4.69, 9.17) is 25.3 Å². The second-order valence-corrected chi connectivity index (χ2v) is 4.10. The molecule has 0 spiro atoms. The summed E-state index contributed by atoms with van der Waals surface area (Å²) in [4.78, 5) is 8.99. The SMILES string of the molecule is O=P(O)(OC[C@H](O)CO)OC(CO)CO. The molecule has 0 saturated heterocycles. The van der Waals surface area contributed by atoms with Crippen LogP contribution in [0.4, 0.5) is 0 Å². The van der Waals surface area contributed by atoms with Crippen molar-refractivity contribution in [2.75, 3.05) is 26.4 Å². The van der Waals surface area contributed by atoms with Gasteiger partial charge in [-0.15, -0.1) is 0 Å². The Balaban J connectivity index is 4.00. The molecule has 0 aliphatic rings. The zero-order valence-electron chi connectivity index (χ0n) is 7.89. The summed E-state index contributed by atoms with van der Waals surface area (Å²) >= 11 is 0. The van der Waals surface area contributed by atoms with Crippen molar-refractivity contribution in [2.45, 2.75) is 12.2 Å². The van der Waals surface area contributed by atoms with Crippen molar-refractivity contribution >= 4 is 7.82 Å². The van der Waals surface area contributed by atoms with E-state index in [0.717, 1.165) is 0 Å². The normalized spacial score (nSPS) is 17.7. The Bertz CT molecular complexity index is 205. The minimum atomic E-state index is -4.44. The third-order valence-corrected chi connectivity index (χ3v) is 2.37. The third kappa shape index (κ3) is 6.93. The number of rotatable bonds is 8. The Kier molecular flexibility index (Phi) is 7.24. The fourth-order valence-electron chi connectivity index (χ4n) is 0.576. The molecule has 0 rings (SSSR count). The molecule has 5 N–H and O–H groups in total. The van der Waals surface area contributed by atoms with Gasteiger partial charge in [0.05, 0.1) is 26.4 Å². The van der Waals surface area contributed by atoms with Crippen LogP contribution in [0.15, 0.2) is 0 Å². The molecular weight excluding hydrogens is 231 g/mol. The number of hydrogen-bond acceptors (Lipinski definition) is 7. The fraction of sp³-hybridized carbons (Fsp3) is 1.00. The van der Waals surface area contributed by atoms with Crippen LogP contribution in [-0.2, 0) is 13.6 Å². The first-order valence-electron chi connectivity index (χ1n) is 4.11. The molecule has 0 aromatic heterocycles. The second kappa shape index (κ2) is 7.26. The van der Waals surface area contributed by atoms with Gasteiger partial charge in [0.1, 0.15) is 12.2 Å². The average molecular weight is 246 g/mol. The minimum absolute atomic E-state index is 0.589. The summed E-state index contributed by atoms with van der Waals surface area (Å²) in [5, 5.41) is 34.3. The van der Waals surface area contributed by atoms with Crippen LogP contribution in [0, 0.1) is 0 Å². The van der Waals surface area contributed by atoms with Gasteiger partial charge in [0.25, 0.3) is 0 Å². The van der Waals surface area contributed by atoms with E-state index in [2.05, 4.69) is 9.05 Å². The molecule has 0 amide bonds. The Hall–Kier alpha value is -0.0500. The highest BCUT2D eigenvalue weighted by molar-refractivity contribution is 7.47. The van der Waals surface area contributed by atoms with Gasteiger partial charge in [-0.2, -0.15) is 0 Å². The van der Waals surface area contributed by atoms with Gasteiger partial charge in [-0.05, 0) is 0 Å². The molecule has 0 fully saturated rings. The lowest BCUT2D eigenvalue weighted by Gasteiger charge is -2.18. The van der Waals surface area contributed by atoms with Crippen LogP contribution in [0.3, 0.4) is 0 Å². The van der Waals surface area contributed by atoms with Crippen molar-refractivity contribution in [3.63, 3.8) is 0 Å². The quantitative estimate of drug-likeness (QED) is 0.305. The standard InChI is InChI=1S/C6H15O8P/c7-1-5(10)4-13-15(11,12)14-6(2-8)3-9/h5-10H,1-4H2,(H,11,12)/t5-/m1/s1. The van der Waals surface area contributed by atoms with E-state index in [1.807, 2.05) is 0 Å². The molecule has 0 aromatic carbocycles. The van der Waals surface area contributed by atoms with Crippen LogP contribution in [-0.4, -0.2) is 64.0 Å². The van der Waals surface area contributed by atoms with E-state index in [9.17, 15) is 4.57 Å². The lowest BCUT2D eigenvalue weighted by Crippen LogP contribution is -2.23. The van der Waals surface area contributed by atoms with Crippen molar-refractivity contribution < 1.29 is 38.9 Å². The highest BCUT2D eigenvalue weighted by atomic mass is 31.2. The number of phosphoric acid groups is 1. The largest absolute Gasteiger partial charge is 0.472 e. The molecule has 0 radical (unpaired) electrons. The van der Waals surface area contributed by atoms with E-state index in [1.165, 1.54) is 0 Å². The predicted molar refractivity (Wildman–Crippen MR) is 47.9 cm³/mol. The van der Waals surface area contributed by atoms with E-state index >= 15 is 0 Å². The summed E-state index contributed by atoms with van der Waals surface area (Å²) in [5.41, 5.74) is 0. The van der Waals surface area contributed by atoms with Gasteiger partial charge in [0.2, 0.25) is 0 Å². The third-order valence-electron chi connectivity index (χ3n) is 1.33. The molecule has 92 valence electrons. The number of phosphoric ester groups is 1. The molecule has 0 saturated carbocycles. The van der Waals surface area contributed by atoms with Crippen molar-refractivity contribution in [1.82, 2.24) is 0 Å². The van der Waals surface area contributed by atoms with E-state index in [0.29, 0.717) is 0 Å². The van der Waals surface area contributed by atoms with Gasteiger partial charge < -0.3 is 25.3 Å². The lowest BCUT2D eigenvalue weighted by atomic mass is 10.4. The maximum atomic E-state index is 11.1. The zero-order chi connectivity index (χ0) is 11.9. The highest BCUT2D eigenvalue weighted by Crippen LogP contribution is 2.44. The molecular formula is C6H15O8P. The monoisotopic (exact) mass is 246 g/mol. The van der Waals surface area contributed by atoms with Crippen LogP contribution in [0.2, 0.25) is 0 Å². The highest BCUT2D eigenvalue weighted by Gasteiger charge is 2.26. The van der Waals surface area contributed by atoms with Crippen molar-refractivity contribution in [3.8, 4) is 0 Å². The summed E-state index contributed by atoms with van der Waals surface area (Å²) in [7, 11) is -4.44. The fourth-order valence-corrected chi connectivity index (χ4v) is 1.51. The minimum Gasteiger partial charge on any atom is -0.394 e. The van der Waals surface area contributed by atoms with Crippen molar-refractivity contribution in [2.24, 2.45) is 0 Å². The summed E-state index contributed by atoms with van der Waals surface area (Å²) in [6.07, 6.45) is -2.53. The maximum absolute atomic E-state index is 11.1. The summed E-state index contributed by atoms with van der Waals surface area (Å²) < 4.78 is 19.7. The van der Waals surface area contributed by atoms with Crippen molar-refractivity contribution in [1.29, 1.82) is 0 Å². The number of hydrogen-bond donors (Lipinski definition) is 5. The Morgan fingerprint density at radius 3 is 2.07 bits per heavy atom. The van der Waals surface area contributed by atoms with E-state index < -0.39 is 46.5 Å². The van der Waals surface area contributed by atoms with Crippen LogP contribution in [0.5, 0.6) is 0 Å². The molecule has 1 unspecified atom stereocenters. The lowest BCUT2D eigenvalue weighted by molar-refractivity contribution is 0.00656. The maximum Gasteiger partial charge on any atom is 0.472 e. The summed E-state index contributed by atoms with van der Waals surface area (Å²) in [6, 6.07) is 0. The topological polar surface area (TPSA) is 137 Å². The Morgan fingerprint density at radius 1 is 1.13 bits per heavy atom. The zero-order valence-corrected chi connectivity index (χ0v) is 8.79.